The summed E-state index contributed by atoms with van der Waals surface area (Å²) in [5.41, 5.74) is 7.88. The summed E-state index contributed by atoms with van der Waals surface area (Å²) >= 11 is 0. The van der Waals surface area contributed by atoms with Gasteiger partial charge in [-0.05, 0) is 44.5 Å². The lowest BCUT2D eigenvalue weighted by Gasteiger charge is -2.26. The molecule has 0 saturated carbocycles. The van der Waals surface area contributed by atoms with E-state index in [1.807, 2.05) is 45.0 Å². The number of amides is 1. The van der Waals surface area contributed by atoms with Gasteiger partial charge in [-0.1, -0.05) is 18.2 Å². The highest BCUT2D eigenvalue weighted by Crippen LogP contribution is 2.20. The number of benzene rings is 1. The summed E-state index contributed by atoms with van der Waals surface area (Å²) < 4.78 is 0. The van der Waals surface area contributed by atoms with Gasteiger partial charge in [0, 0.05) is 11.6 Å². The summed E-state index contributed by atoms with van der Waals surface area (Å²) in [6.45, 7) is 5.87. The van der Waals surface area contributed by atoms with Gasteiger partial charge in [0.2, 0.25) is 0 Å². The van der Waals surface area contributed by atoms with Gasteiger partial charge in [-0.3, -0.25) is 9.69 Å². The molecule has 2 N–H and O–H groups in total. The highest BCUT2D eigenvalue weighted by Gasteiger charge is 2.22. The second-order valence-corrected chi connectivity index (χ2v) is 5.03. The zero-order chi connectivity index (χ0) is 14.7. The maximum Gasteiger partial charge on any atom is 0.259 e. The molecule has 1 aromatic carbocycles. The molecule has 0 saturated heterocycles. The lowest BCUT2D eigenvalue weighted by Crippen LogP contribution is -2.38. The van der Waals surface area contributed by atoms with Crippen LogP contribution in [0, 0.1) is 6.92 Å². The number of rotatable bonds is 3. The molecule has 0 aliphatic heterocycles. The molecular weight excluding hydrogens is 250 g/mol. The Labute approximate surface area is 119 Å². The Morgan fingerprint density at radius 2 is 1.90 bits per heavy atom. The number of hydrogen-bond acceptors (Lipinski definition) is 3. The second-order valence-electron chi connectivity index (χ2n) is 5.03. The molecule has 0 aliphatic rings. The van der Waals surface area contributed by atoms with Gasteiger partial charge < -0.3 is 5.73 Å². The van der Waals surface area contributed by atoms with Crippen LogP contribution >= 0.6 is 0 Å². The van der Waals surface area contributed by atoms with Crippen LogP contribution in [0.2, 0.25) is 0 Å². The second kappa shape index (κ2) is 5.74. The molecule has 0 atom stereocenters. The number of nitrogens with zero attached hydrogens (tertiary/aromatic N) is 2. The summed E-state index contributed by atoms with van der Waals surface area (Å²) in [5, 5.41) is 0. The monoisotopic (exact) mass is 269 g/mol. The molecule has 4 heteroatoms. The van der Waals surface area contributed by atoms with E-state index >= 15 is 0 Å². The van der Waals surface area contributed by atoms with E-state index in [1.165, 1.54) is 0 Å². The molecule has 104 valence electrons. The van der Waals surface area contributed by atoms with E-state index < -0.39 is 0 Å². The Hall–Kier alpha value is -2.36. The van der Waals surface area contributed by atoms with Crippen LogP contribution in [0.5, 0.6) is 0 Å². The van der Waals surface area contributed by atoms with Crippen LogP contribution in [0.1, 0.15) is 29.8 Å². The third-order valence-electron chi connectivity index (χ3n) is 3.13. The molecule has 0 aliphatic carbocycles. The minimum absolute atomic E-state index is 0.0123. The van der Waals surface area contributed by atoms with Crippen molar-refractivity contribution in [2.75, 3.05) is 10.6 Å². The normalized spacial score (nSPS) is 10.6. The number of pyridine rings is 1. The fourth-order valence-electron chi connectivity index (χ4n) is 2.09. The Kier molecular flexibility index (Phi) is 4.03. The highest BCUT2D eigenvalue weighted by atomic mass is 16.2. The molecule has 0 spiro atoms. The first kappa shape index (κ1) is 14.1. The van der Waals surface area contributed by atoms with Gasteiger partial charge in [-0.2, -0.15) is 0 Å². The van der Waals surface area contributed by atoms with E-state index in [4.69, 9.17) is 5.73 Å². The first-order valence-corrected chi connectivity index (χ1v) is 6.61. The van der Waals surface area contributed by atoms with Gasteiger partial charge in [0.05, 0.1) is 11.9 Å². The maximum atomic E-state index is 12.7. The van der Waals surface area contributed by atoms with Crippen LogP contribution in [0.25, 0.3) is 0 Å². The summed E-state index contributed by atoms with van der Waals surface area (Å²) in [7, 11) is 0. The SMILES string of the molecule is Cc1ccccc1C(=O)N(c1ccc(N)cn1)C(C)C. The van der Waals surface area contributed by atoms with Crippen LogP contribution < -0.4 is 10.6 Å². The average Bonchev–Trinajstić information content (AvgIpc) is 2.41. The quantitative estimate of drug-likeness (QED) is 0.931. The van der Waals surface area contributed by atoms with Gasteiger partial charge in [0.25, 0.3) is 5.91 Å². The molecule has 2 rings (SSSR count). The van der Waals surface area contributed by atoms with E-state index in [9.17, 15) is 4.79 Å². The summed E-state index contributed by atoms with van der Waals surface area (Å²) in [4.78, 5) is 18.7. The van der Waals surface area contributed by atoms with Crippen molar-refractivity contribution >= 4 is 17.4 Å². The van der Waals surface area contributed by atoms with Crippen LogP contribution in [0.3, 0.4) is 0 Å². The van der Waals surface area contributed by atoms with Gasteiger partial charge in [-0.25, -0.2) is 4.98 Å². The van der Waals surface area contributed by atoms with Crippen molar-refractivity contribution in [1.82, 2.24) is 4.98 Å². The molecule has 0 fully saturated rings. The minimum Gasteiger partial charge on any atom is -0.397 e. The predicted molar refractivity (Wildman–Crippen MR) is 81.8 cm³/mol. The zero-order valence-corrected chi connectivity index (χ0v) is 12.0. The first-order valence-electron chi connectivity index (χ1n) is 6.61. The molecule has 1 amide bonds. The van der Waals surface area contributed by atoms with Crippen molar-refractivity contribution in [3.8, 4) is 0 Å². The average molecular weight is 269 g/mol. The van der Waals surface area contributed by atoms with E-state index in [0.29, 0.717) is 17.1 Å². The Morgan fingerprint density at radius 3 is 2.45 bits per heavy atom. The van der Waals surface area contributed by atoms with E-state index in [0.717, 1.165) is 5.56 Å². The summed E-state index contributed by atoms with van der Waals surface area (Å²) in [5.74, 6) is 0.567. The van der Waals surface area contributed by atoms with Gasteiger partial charge in [0.15, 0.2) is 0 Å². The summed E-state index contributed by atoms with van der Waals surface area (Å²) in [6.07, 6.45) is 1.57. The van der Waals surface area contributed by atoms with Crippen molar-refractivity contribution in [2.45, 2.75) is 26.8 Å². The van der Waals surface area contributed by atoms with Gasteiger partial charge in [0.1, 0.15) is 5.82 Å². The number of nitrogens with two attached hydrogens (primary N) is 1. The zero-order valence-electron chi connectivity index (χ0n) is 12.0. The number of anilines is 2. The van der Waals surface area contributed by atoms with Gasteiger partial charge in [-0.15, -0.1) is 0 Å². The Balaban J connectivity index is 2.41. The van der Waals surface area contributed by atoms with Crippen molar-refractivity contribution in [2.24, 2.45) is 0 Å². The molecule has 2 aromatic rings. The van der Waals surface area contributed by atoms with Crippen molar-refractivity contribution in [3.63, 3.8) is 0 Å². The maximum absolute atomic E-state index is 12.7. The van der Waals surface area contributed by atoms with Crippen LogP contribution in [-0.2, 0) is 0 Å². The standard InChI is InChI=1S/C16H19N3O/c1-11(2)19(15-9-8-13(17)10-18-15)16(20)14-7-5-4-6-12(14)3/h4-11H,17H2,1-3H3. The van der Waals surface area contributed by atoms with E-state index in [-0.39, 0.29) is 11.9 Å². The molecule has 0 unspecified atom stereocenters. The first-order chi connectivity index (χ1) is 9.50. The van der Waals surface area contributed by atoms with Crippen molar-refractivity contribution < 1.29 is 4.79 Å². The fraction of sp³-hybridized carbons (Fsp3) is 0.250. The molecule has 20 heavy (non-hydrogen) atoms. The topological polar surface area (TPSA) is 59.2 Å². The largest absolute Gasteiger partial charge is 0.397 e. The van der Waals surface area contributed by atoms with Crippen LogP contribution in [0.15, 0.2) is 42.6 Å². The molecule has 0 bridgehead atoms. The lowest BCUT2D eigenvalue weighted by molar-refractivity contribution is 0.0979. The summed E-state index contributed by atoms with van der Waals surface area (Å²) in [6, 6.07) is 11.1. The van der Waals surface area contributed by atoms with Crippen molar-refractivity contribution in [1.29, 1.82) is 0 Å². The number of hydrogen-bond donors (Lipinski definition) is 1. The van der Waals surface area contributed by atoms with E-state index in [2.05, 4.69) is 4.98 Å². The fourth-order valence-corrected chi connectivity index (χ4v) is 2.09. The minimum atomic E-state index is -0.0460. The predicted octanol–water partition coefficient (Wildman–Crippen LogP) is 3.03. The number of aryl methyl sites for hydroxylation is 1. The molecule has 0 radical (unpaired) electrons. The van der Waals surface area contributed by atoms with Crippen LogP contribution in [-0.4, -0.2) is 16.9 Å². The smallest absolute Gasteiger partial charge is 0.259 e. The number of carbonyl (C=O) groups excluding carboxylic acids is 1. The Bertz CT molecular complexity index is 605. The number of carbonyl (C=O) groups is 1. The Morgan fingerprint density at radius 1 is 1.20 bits per heavy atom. The van der Waals surface area contributed by atoms with E-state index in [1.54, 1.807) is 23.2 Å². The lowest BCUT2D eigenvalue weighted by atomic mass is 10.1. The molecule has 1 heterocycles. The van der Waals surface area contributed by atoms with Gasteiger partial charge >= 0.3 is 0 Å². The third kappa shape index (κ3) is 2.79. The van der Waals surface area contributed by atoms with Crippen LogP contribution in [0.4, 0.5) is 11.5 Å². The number of nitrogen functional groups attached to an aromatic ring is 1. The number of aromatic nitrogens is 1. The highest BCUT2D eigenvalue weighted by molar-refractivity contribution is 6.06. The molecular formula is C16H19N3O. The van der Waals surface area contributed by atoms with Crippen molar-refractivity contribution in [3.05, 3.63) is 53.7 Å². The molecule has 4 nitrogen and oxygen atoms in total. The molecule has 1 aromatic heterocycles. The third-order valence-corrected chi connectivity index (χ3v) is 3.13.